The molecule has 1 aromatic carbocycles. The molecule has 1 aromatic rings. The second kappa shape index (κ2) is 6.48. The van der Waals surface area contributed by atoms with Crippen molar-refractivity contribution in [1.82, 2.24) is 0 Å². The van der Waals surface area contributed by atoms with Crippen molar-refractivity contribution in [3.8, 4) is 5.75 Å². The maximum Gasteiger partial charge on any atom is 0.133 e. The highest BCUT2D eigenvalue weighted by Crippen LogP contribution is 2.26. The molecule has 1 atom stereocenters. The van der Waals surface area contributed by atoms with E-state index in [4.69, 9.17) is 4.74 Å². The number of hydrogen-bond acceptors (Lipinski definition) is 1. The molecule has 0 heterocycles. The second-order valence-electron chi connectivity index (χ2n) is 3.31. The van der Waals surface area contributed by atoms with Crippen LogP contribution in [0, 0.1) is 11.7 Å². The van der Waals surface area contributed by atoms with Crippen LogP contribution in [0.5, 0.6) is 5.75 Å². The highest BCUT2D eigenvalue weighted by Gasteiger charge is 2.07. The summed E-state index contributed by atoms with van der Waals surface area (Å²) in [6, 6.07) is 4.44. The predicted molar refractivity (Wildman–Crippen MR) is 67.2 cm³/mol. The van der Waals surface area contributed by atoms with Gasteiger partial charge >= 0.3 is 0 Å². The van der Waals surface area contributed by atoms with E-state index in [2.05, 4.69) is 38.8 Å². The fourth-order valence-corrected chi connectivity index (χ4v) is 2.18. The zero-order chi connectivity index (χ0) is 11.3. The third-order valence-electron chi connectivity index (χ3n) is 2.16. The largest absolute Gasteiger partial charge is 0.492 e. The molecule has 0 aliphatic rings. The van der Waals surface area contributed by atoms with E-state index < -0.39 is 0 Å². The number of hydrogen-bond donors (Lipinski definition) is 0. The van der Waals surface area contributed by atoms with Crippen LogP contribution in [0.4, 0.5) is 4.39 Å². The maximum absolute atomic E-state index is 12.8. The van der Waals surface area contributed by atoms with Crippen molar-refractivity contribution in [2.45, 2.75) is 13.3 Å². The van der Waals surface area contributed by atoms with Crippen LogP contribution >= 0.6 is 31.9 Å². The molecule has 0 radical (unpaired) electrons. The van der Waals surface area contributed by atoms with Crippen LogP contribution in [0.15, 0.2) is 22.7 Å². The van der Waals surface area contributed by atoms with Gasteiger partial charge in [0.25, 0.3) is 0 Å². The van der Waals surface area contributed by atoms with Crippen LogP contribution in [-0.4, -0.2) is 11.9 Å². The van der Waals surface area contributed by atoms with Gasteiger partial charge in [-0.25, -0.2) is 4.39 Å². The third kappa shape index (κ3) is 4.11. The lowest BCUT2D eigenvalue weighted by Crippen LogP contribution is -2.12. The minimum Gasteiger partial charge on any atom is -0.492 e. The molecule has 0 fully saturated rings. The van der Waals surface area contributed by atoms with Gasteiger partial charge in [0.05, 0.1) is 11.1 Å². The molecule has 84 valence electrons. The number of ether oxygens (including phenoxy) is 1. The first kappa shape index (κ1) is 13.0. The topological polar surface area (TPSA) is 9.23 Å². The first-order valence-corrected chi connectivity index (χ1v) is 6.72. The molecule has 0 N–H and O–H groups in total. The monoisotopic (exact) mass is 338 g/mol. The van der Waals surface area contributed by atoms with Crippen LogP contribution in [-0.2, 0) is 0 Å². The zero-order valence-corrected chi connectivity index (χ0v) is 11.6. The van der Waals surface area contributed by atoms with Crippen molar-refractivity contribution in [3.63, 3.8) is 0 Å². The van der Waals surface area contributed by atoms with Crippen molar-refractivity contribution in [1.29, 1.82) is 0 Å². The van der Waals surface area contributed by atoms with E-state index in [0.29, 0.717) is 22.7 Å². The van der Waals surface area contributed by atoms with E-state index in [-0.39, 0.29) is 5.82 Å². The summed E-state index contributed by atoms with van der Waals surface area (Å²) >= 11 is 6.69. The molecule has 0 saturated heterocycles. The van der Waals surface area contributed by atoms with Gasteiger partial charge in [-0.3, -0.25) is 0 Å². The first-order chi connectivity index (χ1) is 7.17. The lowest BCUT2D eigenvalue weighted by Gasteiger charge is -2.13. The van der Waals surface area contributed by atoms with Gasteiger partial charge in [0.15, 0.2) is 0 Å². The summed E-state index contributed by atoms with van der Waals surface area (Å²) in [6.45, 7) is 2.76. The Labute approximate surface area is 106 Å². The Balaban J connectivity index is 2.57. The molecule has 1 unspecified atom stereocenters. The van der Waals surface area contributed by atoms with Gasteiger partial charge in [-0.1, -0.05) is 22.9 Å². The summed E-state index contributed by atoms with van der Waals surface area (Å²) < 4.78 is 19.0. The minimum absolute atomic E-state index is 0.262. The van der Waals surface area contributed by atoms with Crippen molar-refractivity contribution in [3.05, 3.63) is 28.5 Å². The molecular weight excluding hydrogens is 327 g/mol. The van der Waals surface area contributed by atoms with Crippen molar-refractivity contribution < 1.29 is 9.13 Å². The lowest BCUT2D eigenvalue weighted by atomic mass is 10.1. The Hall–Kier alpha value is -0.0900. The van der Waals surface area contributed by atoms with Gasteiger partial charge in [-0.05, 0) is 40.5 Å². The summed E-state index contributed by atoms with van der Waals surface area (Å²) in [6.07, 6.45) is 1.06. The van der Waals surface area contributed by atoms with Crippen molar-refractivity contribution in [2.24, 2.45) is 5.92 Å². The van der Waals surface area contributed by atoms with Crippen LogP contribution in [0.2, 0.25) is 0 Å². The van der Waals surface area contributed by atoms with Crippen LogP contribution in [0.1, 0.15) is 13.3 Å². The molecule has 0 amide bonds. The Morgan fingerprint density at radius 2 is 2.20 bits per heavy atom. The molecule has 1 nitrogen and oxygen atoms in total. The summed E-state index contributed by atoms with van der Waals surface area (Å²) in [5.41, 5.74) is 0. The predicted octanol–water partition coefficient (Wildman–Crippen LogP) is 4.39. The fraction of sp³-hybridized carbons (Fsp3) is 0.455. The summed E-state index contributed by atoms with van der Waals surface area (Å²) in [5.74, 6) is 0.916. The Kier molecular flexibility index (Phi) is 5.61. The maximum atomic E-state index is 12.8. The van der Waals surface area contributed by atoms with Crippen LogP contribution in [0.25, 0.3) is 0 Å². The normalized spacial score (nSPS) is 12.5. The first-order valence-electron chi connectivity index (χ1n) is 4.81. The van der Waals surface area contributed by atoms with E-state index in [1.54, 1.807) is 6.07 Å². The molecule has 0 aliphatic carbocycles. The minimum atomic E-state index is -0.262. The van der Waals surface area contributed by atoms with Gasteiger partial charge in [-0.2, -0.15) is 0 Å². The number of benzene rings is 1. The molecule has 0 bridgehead atoms. The van der Waals surface area contributed by atoms with Crippen LogP contribution in [0.3, 0.4) is 0 Å². The lowest BCUT2D eigenvalue weighted by molar-refractivity contribution is 0.258. The van der Waals surface area contributed by atoms with Gasteiger partial charge < -0.3 is 4.74 Å². The van der Waals surface area contributed by atoms with Gasteiger partial charge in [0.1, 0.15) is 11.6 Å². The molecule has 4 heteroatoms. The van der Waals surface area contributed by atoms with Gasteiger partial charge in [-0.15, -0.1) is 0 Å². The van der Waals surface area contributed by atoms with Crippen LogP contribution < -0.4 is 4.74 Å². The molecule has 1 rings (SSSR count). The van der Waals surface area contributed by atoms with E-state index >= 15 is 0 Å². The summed E-state index contributed by atoms with van der Waals surface area (Å²) in [4.78, 5) is 0. The molecule has 0 spiro atoms. The van der Waals surface area contributed by atoms with E-state index in [1.165, 1.54) is 12.1 Å². The van der Waals surface area contributed by atoms with E-state index in [0.717, 1.165) is 11.8 Å². The number of rotatable bonds is 5. The smallest absolute Gasteiger partial charge is 0.133 e. The molecular formula is C11H13Br2FO. The quantitative estimate of drug-likeness (QED) is 0.723. The van der Waals surface area contributed by atoms with E-state index in [9.17, 15) is 4.39 Å². The average molecular weight is 340 g/mol. The van der Waals surface area contributed by atoms with Gasteiger partial charge in [0, 0.05) is 11.2 Å². The summed E-state index contributed by atoms with van der Waals surface area (Å²) in [7, 11) is 0. The van der Waals surface area contributed by atoms with E-state index in [1.807, 2.05) is 0 Å². The highest BCUT2D eigenvalue weighted by molar-refractivity contribution is 9.10. The summed E-state index contributed by atoms with van der Waals surface area (Å²) in [5, 5.41) is 0.919. The van der Waals surface area contributed by atoms with Gasteiger partial charge in [0.2, 0.25) is 0 Å². The number of alkyl halides is 1. The molecule has 0 aromatic heterocycles. The SMILES string of the molecule is CCC(CBr)COc1ccc(F)cc1Br. The molecule has 0 saturated carbocycles. The zero-order valence-electron chi connectivity index (χ0n) is 8.47. The Morgan fingerprint density at radius 1 is 1.47 bits per heavy atom. The second-order valence-corrected chi connectivity index (χ2v) is 4.82. The average Bonchev–Trinajstić information content (AvgIpc) is 2.22. The highest BCUT2D eigenvalue weighted by atomic mass is 79.9. The molecule has 15 heavy (non-hydrogen) atoms. The van der Waals surface area contributed by atoms with Crippen molar-refractivity contribution in [2.75, 3.05) is 11.9 Å². The molecule has 0 aliphatic heterocycles. The Morgan fingerprint density at radius 3 is 2.73 bits per heavy atom. The van der Waals surface area contributed by atoms with Crippen molar-refractivity contribution >= 4 is 31.9 Å². The standard InChI is InChI=1S/C11H13Br2FO/c1-2-8(6-12)7-15-11-4-3-9(14)5-10(11)13/h3-5,8H,2,6-7H2,1H3. The number of halogens is 3. The fourth-order valence-electron chi connectivity index (χ4n) is 1.07. The Bertz CT molecular complexity index is 313. The third-order valence-corrected chi connectivity index (χ3v) is 3.70.